The highest BCUT2D eigenvalue weighted by Crippen LogP contribution is 2.23. The summed E-state index contributed by atoms with van der Waals surface area (Å²) in [7, 11) is 0. The van der Waals surface area contributed by atoms with Gasteiger partial charge in [0.05, 0.1) is 23.4 Å². The number of amides is 1. The summed E-state index contributed by atoms with van der Waals surface area (Å²) in [5, 5.41) is 22.5. The van der Waals surface area contributed by atoms with Gasteiger partial charge in [0, 0.05) is 11.2 Å². The van der Waals surface area contributed by atoms with Gasteiger partial charge in [0.15, 0.2) is 5.82 Å². The lowest BCUT2D eigenvalue weighted by atomic mass is 10.2. The van der Waals surface area contributed by atoms with Crippen LogP contribution in [-0.2, 0) is 11.3 Å². The Hall–Kier alpha value is -2.91. The number of nitrogens with zero attached hydrogens (tertiary/aromatic N) is 5. The molecule has 1 atom stereocenters. The van der Waals surface area contributed by atoms with Gasteiger partial charge < -0.3 is 15.4 Å². The van der Waals surface area contributed by atoms with Crippen molar-refractivity contribution in [1.29, 1.82) is 0 Å². The van der Waals surface area contributed by atoms with Crippen LogP contribution in [0.3, 0.4) is 0 Å². The first-order chi connectivity index (χ1) is 13.2. The minimum atomic E-state index is -0.786. The van der Waals surface area contributed by atoms with Crippen LogP contribution in [0, 0.1) is 17.0 Å². The molecule has 0 fully saturated rings. The average molecular weight is 423 g/mol. The molecule has 1 amide bonds. The highest BCUT2D eigenvalue weighted by Gasteiger charge is 2.25. The third kappa shape index (κ3) is 4.32. The van der Waals surface area contributed by atoms with E-state index in [1.54, 1.807) is 36.9 Å². The molecule has 28 heavy (non-hydrogen) atoms. The van der Waals surface area contributed by atoms with E-state index >= 15 is 0 Å². The number of rotatable bonds is 6. The number of anilines is 1. The Labute approximate surface area is 170 Å². The second kappa shape index (κ2) is 7.99. The van der Waals surface area contributed by atoms with Gasteiger partial charge in [0.1, 0.15) is 11.1 Å². The molecular weight excluding hydrogens is 407 g/mol. The van der Waals surface area contributed by atoms with E-state index in [1.807, 2.05) is 12.1 Å². The lowest BCUT2D eigenvalue weighted by Gasteiger charge is -2.10. The first-order valence-corrected chi connectivity index (χ1v) is 8.99. The maximum atomic E-state index is 12.5. The normalized spacial score (nSPS) is 12.0. The van der Waals surface area contributed by atoms with Crippen LogP contribution < -0.4 is 5.32 Å². The van der Waals surface area contributed by atoms with Crippen molar-refractivity contribution >= 4 is 40.7 Å². The van der Waals surface area contributed by atoms with E-state index in [1.165, 1.54) is 10.7 Å². The Morgan fingerprint density at radius 3 is 2.57 bits per heavy atom. The zero-order chi connectivity index (χ0) is 20.4. The lowest BCUT2D eigenvalue weighted by Crippen LogP contribution is -2.25. The van der Waals surface area contributed by atoms with Gasteiger partial charge in [-0.1, -0.05) is 35.3 Å². The first-order valence-electron chi connectivity index (χ1n) is 8.23. The van der Waals surface area contributed by atoms with Crippen LogP contribution in [-0.4, -0.2) is 30.4 Å². The molecule has 1 aromatic carbocycles. The molecule has 0 aliphatic rings. The third-order valence-electron chi connectivity index (χ3n) is 4.06. The molecule has 0 radical (unpaired) electrons. The highest BCUT2D eigenvalue weighted by molar-refractivity contribution is 6.33. The first kappa shape index (κ1) is 19.8. The van der Waals surface area contributed by atoms with Crippen LogP contribution in [0.25, 0.3) is 0 Å². The van der Waals surface area contributed by atoms with E-state index in [0.717, 1.165) is 5.56 Å². The maximum absolute atomic E-state index is 12.5. The van der Waals surface area contributed by atoms with Crippen LogP contribution in [0.1, 0.15) is 24.2 Å². The summed E-state index contributed by atoms with van der Waals surface area (Å²) in [6.07, 6.45) is 1.60. The van der Waals surface area contributed by atoms with Gasteiger partial charge in [-0.25, -0.2) is 0 Å². The zero-order valence-corrected chi connectivity index (χ0v) is 16.5. The fourth-order valence-corrected chi connectivity index (χ4v) is 2.95. The minimum absolute atomic E-state index is 0.201. The lowest BCUT2D eigenvalue weighted by molar-refractivity contribution is -0.389. The maximum Gasteiger partial charge on any atom is 0.390 e. The van der Waals surface area contributed by atoms with E-state index in [2.05, 4.69) is 15.5 Å². The molecule has 2 heterocycles. The van der Waals surface area contributed by atoms with E-state index in [-0.39, 0.29) is 16.7 Å². The Kier molecular flexibility index (Phi) is 5.66. The molecule has 11 heteroatoms. The van der Waals surface area contributed by atoms with Crippen molar-refractivity contribution in [3.63, 3.8) is 0 Å². The number of aromatic nitrogens is 4. The molecule has 0 aliphatic heterocycles. The number of nitrogens with one attached hydrogen (secondary N) is 1. The molecule has 0 saturated heterocycles. The van der Waals surface area contributed by atoms with E-state index in [9.17, 15) is 14.9 Å². The van der Waals surface area contributed by atoms with E-state index in [4.69, 9.17) is 23.2 Å². The summed E-state index contributed by atoms with van der Waals surface area (Å²) in [5.74, 6) is -0.561. The summed E-state index contributed by atoms with van der Waals surface area (Å²) in [6, 6.07) is 7.80. The van der Waals surface area contributed by atoms with Gasteiger partial charge in [0.2, 0.25) is 0 Å². The number of nitro groups is 1. The molecule has 9 nitrogen and oxygen atoms in total. The minimum Gasteiger partial charge on any atom is -0.358 e. The largest absolute Gasteiger partial charge is 0.390 e. The van der Waals surface area contributed by atoms with Gasteiger partial charge in [0.25, 0.3) is 5.91 Å². The van der Waals surface area contributed by atoms with Crippen LogP contribution >= 0.6 is 23.2 Å². The molecule has 0 bridgehead atoms. The fourth-order valence-electron chi connectivity index (χ4n) is 2.62. The van der Waals surface area contributed by atoms with E-state index < -0.39 is 16.9 Å². The molecular formula is C17H16Cl2N6O3. The molecule has 146 valence electrons. The smallest absolute Gasteiger partial charge is 0.358 e. The van der Waals surface area contributed by atoms with Crippen molar-refractivity contribution in [2.24, 2.45) is 0 Å². The Morgan fingerprint density at radius 1 is 1.29 bits per heavy atom. The summed E-state index contributed by atoms with van der Waals surface area (Å²) in [6.45, 7) is 3.67. The molecule has 2 aromatic heterocycles. The summed E-state index contributed by atoms with van der Waals surface area (Å²) in [5.41, 5.74) is 1.46. The number of carbonyl (C=O) groups is 1. The molecule has 1 N–H and O–H groups in total. The van der Waals surface area contributed by atoms with E-state index in [0.29, 0.717) is 17.3 Å². The van der Waals surface area contributed by atoms with Gasteiger partial charge >= 0.3 is 5.82 Å². The topological polar surface area (TPSA) is 108 Å². The number of benzene rings is 1. The summed E-state index contributed by atoms with van der Waals surface area (Å²) in [4.78, 5) is 22.8. The highest BCUT2D eigenvalue weighted by atomic mass is 35.5. The number of carbonyl (C=O) groups excluding carboxylic acids is 1. The van der Waals surface area contributed by atoms with Gasteiger partial charge in [-0.05, 0) is 36.5 Å². The van der Waals surface area contributed by atoms with Crippen molar-refractivity contribution in [3.05, 3.63) is 67.9 Å². The second-order valence-electron chi connectivity index (χ2n) is 6.16. The van der Waals surface area contributed by atoms with Gasteiger partial charge in [-0.3, -0.25) is 9.48 Å². The summed E-state index contributed by atoms with van der Waals surface area (Å²) >= 11 is 12.1. The van der Waals surface area contributed by atoms with Gasteiger partial charge in [-0.15, -0.1) is 0 Å². The van der Waals surface area contributed by atoms with Crippen LogP contribution in [0.5, 0.6) is 0 Å². The zero-order valence-electron chi connectivity index (χ0n) is 15.0. The predicted molar refractivity (Wildman–Crippen MR) is 105 cm³/mol. The molecule has 0 saturated carbocycles. The van der Waals surface area contributed by atoms with Crippen molar-refractivity contribution in [1.82, 2.24) is 19.6 Å². The standard InChI is InChI=1S/C17H16Cl2N6O3/c1-10-7-15(25(27)28)21-24(10)11(2)17(26)20-16-14(19)9-23(22-16)8-12-3-5-13(18)6-4-12/h3-7,9,11H,8H2,1-2H3,(H,20,22,26). The molecule has 3 aromatic rings. The quantitative estimate of drug-likeness (QED) is 0.479. The molecule has 1 unspecified atom stereocenters. The fraction of sp³-hybridized carbons (Fsp3) is 0.235. The molecule has 0 spiro atoms. The average Bonchev–Trinajstić information content (AvgIpc) is 3.19. The number of halogens is 2. The summed E-state index contributed by atoms with van der Waals surface area (Å²) < 4.78 is 2.88. The molecule has 0 aliphatic carbocycles. The van der Waals surface area contributed by atoms with Crippen molar-refractivity contribution in [2.75, 3.05) is 5.32 Å². The number of hydrogen-bond donors (Lipinski definition) is 1. The van der Waals surface area contributed by atoms with Crippen molar-refractivity contribution < 1.29 is 9.72 Å². The monoisotopic (exact) mass is 422 g/mol. The molecule has 3 rings (SSSR count). The van der Waals surface area contributed by atoms with Crippen LogP contribution in [0.4, 0.5) is 11.6 Å². The number of aryl methyl sites for hydroxylation is 1. The van der Waals surface area contributed by atoms with Gasteiger partial charge in [-0.2, -0.15) is 9.78 Å². The van der Waals surface area contributed by atoms with Crippen LogP contribution in [0.2, 0.25) is 10.0 Å². The van der Waals surface area contributed by atoms with Crippen molar-refractivity contribution in [2.45, 2.75) is 26.4 Å². The van der Waals surface area contributed by atoms with Crippen molar-refractivity contribution in [3.8, 4) is 0 Å². The second-order valence-corrected chi connectivity index (χ2v) is 7.00. The Bertz CT molecular complexity index is 1030. The third-order valence-corrected chi connectivity index (χ3v) is 4.59. The number of hydrogen-bond acceptors (Lipinski definition) is 5. The predicted octanol–water partition coefficient (Wildman–Crippen LogP) is 3.85. The Morgan fingerprint density at radius 2 is 1.96 bits per heavy atom. The Balaban J connectivity index is 1.72. The van der Waals surface area contributed by atoms with Crippen LogP contribution in [0.15, 0.2) is 36.5 Å². The SMILES string of the molecule is Cc1cc([N+](=O)[O-])nn1C(C)C(=O)Nc1nn(Cc2ccc(Cl)cc2)cc1Cl.